The standard InChI is InChI=1S/C19H16F6N4/c20-18(21,22)12-7-11(8-13(9-12)19(23,24)25)10-29-16-15(4-2-6-27-16)28-17(29)14-3-1-5-26-14/h2,4,6-9,14,26H,1,3,5,10H2. The molecule has 4 rings (SSSR count). The summed E-state index contributed by atoms with van der Waals surface area (Å²) in [7, 11) is 0. The van der Waals surface area contributed by atoms with Gasteiger partial charge in [0.15, 0.2) is 5.65 Å². The summed E-state index contributed by atoms with van der Waals surface area (Å²) in [5, 5.41) is 3.26. The van der Waals surface area contributed by atoms with Gasteiger partial charge < -0.3 is 9.88 Å². The molecule has 0 aliphatic carbocycles. The summed E-state index contributed by atoms with van der Waals surface area (Å²) in [6, 6.07) is 4.89. The number of pyridine rings is 1. The Morgan fingerprint density at radius 2 is 1.72 bits per heavy atom. The van der Waals surface area contributed by atoms with Gasteiger partial charge in [-0.3, -0.25) is 0 Å². The molecule has 0 saturated carbocycles. The zero-order valence-corrected chi connectivity index (χ0v) is 15.0. The molecule has 1 aliphatic rings. The summed E-state index contributed by atoms with van der Waals surface area (Å²) < 4.78 is 80.7. The highest BCUT2D eigenvalue weighted by atomic mass is 19.4. The Morgan fingerprint density at radius 3 is 2.31 bits per heavy atom. The number of rotatable bonds is 3. The lowest BCUT2D eigenvalue weighted by molar-refractivity contribution is -0.143. The second-order valence-corrected chi connectivity index (χ2v) is 6.97. The van der Waals surface area contributed by atoms with E-state index in [2.05, 4.69) is 15.3 Å². The van der Waals surface area contributed by atoms with E-state index in [0.29, 0.717) is 17.0 Å². The highest BCUT2D eigenvalue weighted by Gasteiger charge is 2.37. The van der Waals surface area contributed by atoms with Crippen LogP contribution in [-0.4, -0.2) is 21.1 Å². The largest absolute Gasteiger partial charge is 0.416 e. The van der Waals surface area contributed by atoms with E-state index in [9.17, 15) is 26.3 Å². The second kappa shape index (κ2) is 7.01. The first kappa shape index (κ1) is 19.7. The van der Waals surface area contributed by atoms with Crippen molar-refractivity contribution in [2.75, 3.05) is 6.54 Å². The van der Waals surface area contributed by atoms with Crippen LogP contribution in [-0.2, 0) is 18.9 Å². The van der Waals surface area contributed by atoms with E-state index in [-0.39, 0.29) is 24.2 Å². The molecule has 2 aromatic heterocycles. The van der Waals surface area contributed by atoms with Gasteiger partial charge in [-0.1, -0.05) is 0 Å². The van der Waals surface area contributed by atoms with E-state index < -0.39 is 23.5 Å². The van der Waals surface area contributed by atoms with Crippen LogP contribution in [0.25, 0.3) is 11.2 Å². The van der Waals surface area contributed by atoms with Crippen molar-refractivity contribution in [2.45, 2.75) is 37.8 Å². The molecule has 1 aromatic carbocycles. The molecule has 4 nitrogen and oxygen atoms in total. The van der Waals surface area contributed by atoms with Crippen molar-refractivity contribution >= 4 is 11.2 Å². The zero-order valence-electron chi connectivity index (χ0n) is 15.0. The molecule has 0 bridgehead atoms. The SMILES string of the molecule is FC(F)(F)c1cc(Cn2c(C3CCCN3)nc3cccnc32)cc(C(F)(F)F)c1. The lowest BCUT2D eigenvalue weighted by Crippen LogP contribution is -2.19. The molecule has 1 fully saturated rings. The van der Waals surface area contributed by atoms with E-state index in [4.69, 9.17) is 0 Å². The van der Waals surface area contributed by atoms with Gasteiger partial charge in [-0.2, -0.15) is 26.3 Å². The summed E-state index contributed by atoms with van der Waals surface area (Å²) in [6.07, 6.45) is -6.58. The lowest BCUT2D eigenvalue weighted by atomic mass is 10.0. The Morgan fingerprint density at radius 1 is 1.03 bits per heavy atom. The summed E-state index contributed by atoms with van der Waals surface area (Å²) in [4.78, 5) is 8.77. The fourth-order valence-electron chi connectivity index (χ4n) is 3.60. The van der Waals surface area contributed by atoms with Crippen molar-refractivity contribution in [3.8, 4) is 0 Å². The number of hydrogen-bond acceptors (Lipinski definition) is 3. The number of aromatic nitrogens is 3. The topological polar surface area (TPSA) is 42.7 Å². The number of fused-ring (bicyclic) bond motifs is 1. The molecule has 154 valence electrons. The summed E-state index contributed by atoms with van der Waals surface area (Å²) >= 11 is 0. The van der Waals surface area contributed by atoms with Crippen molar-refractivity contribution in [1.29, 1.82) is 0 Å². The highest BCUT2D eigenvalue weighted by Crippen LogP contribution is 2.37. The minimum atomic E-state index is -4.89. The van der Waals surface area contributed by atoms with E-state index in [1.165, 1.54) is 6.20 Å². The van der Waals surface area contributed by atoms with Gasteiger partial charge in [-0.15, -0.1) is 0 Å². The number of nitrogens with zero attached hydrogens (tertiary/aromatic N) is 3. The summed E-state index contributed by atoms with van der Waals surface area (Å²) in [6.45, 7) is 0.567. The number of benzene rings is 1. The number of hydrogen-bond donors (Lipinski definition) is 1. The third kappa shape index (κ3) is 3.93. The molecular weight excluding hydrogens is 398 g/mol. The van der Waals surface area contributed by atoms with Crippen LogP contribution in [0.5, 0.6) is 0 Å². The molecule has 0 radical (unpaired) electrons. The van der Waals surface area contributed by atoms with Gasteiger partial charge in [-0.25, -0.2) is 9.97 Å². The van der Waals surface area contributed by atoms with Gasteiger partial charge in [0.2, 0.25) is 0 Å². The van der Waals surface area contributed by atoms with Crippen molar-refractivity contribution in [3.05, 3.63) is 59.0 Å². The van der Waals surface area contributed by atoms with Gasteiger partial charge in [0.1, 0.15) is 11.3 Å². The number of imidazole rings is 1. The predicted molar refractivity (Wildman–Crippen MR) is 93.1 cm³/mol. The third-order valence-electron chi connectivity index (χ3n) is 4.89. The van der Waals surface area contributed by atoms with Gasteiger partial charge in [-0.05, 0) is 55.3 Å². The average Bonchev–Trinajstić information content (AvgIpc) is 3.28. The van der Waals surface area contributed by atoms with E-state index in [0.717, 1.165) is 31.5 Å². The maximum Gasteiger partial charge on any atom is 0.416 e. The molecule has 0 amide bonds. The van der Waals surface area contributed by atoms with Crippen LogP contribution in [0.2, 0.25) is 0 Å². The maximum absolute atomic E-state index is 13.2. The first-order chi connectivity index (χ1) is 13.6. The molecule has 3 aromatic rings. The average molecular weight is 414 g/mol. The van der Waals surface area contributed by atoms with Crippen molar-refractivity contribution < 1.29 is 26.3 Å². The number of nitrogens with one attached hydrogen (secondary N) is 1. The molecular formula is C19H16F6N4. The molecule has 1 unspecified atom stereocenters. The Labute approximate surface area is 161 Å². The molecule has 1 N–H and O–H groups in total. The molecule has 3 heterocycles. The Balaban J connectivity index is 1.83. The Kier molecular flexibility index (Phi) is 4.76. The Hall–Kier alpha value is -2.62. The van der Waals surface area contributed by atoms with Crippen molar-refractivity contribution in [1.82, 2.24) is 19.9 Å². The molecule has 0 spiro atoms. The van der Waals surface area contributed by atoms with Crippen LogP contribution < -0.4 is 5.32 Å². The van der Waals surface area contributed by atoms with E-state index in [1.54, 1.807) is 16.7 Å². The van der Waals surface area contributed by atoms with Gasteiger partial charge in [0, 0.05) is 6.20 Å². The monoisotopic (exact) mass is 414 g/mol. The summed E-state index contributed by atoms with van der Waals surface area (Å²) in [5.41, 5.74) is -1.82. The molecule has 1 saturated heterocycles. The molecule has 1 atom stereocenters. The van der Waals surface area contributed by atoms with Gasteiger partial charge in [0.05, 0.1) is 23.7 Å². The quantitative estimate of drug-likeness (QED) is 0.618. The van der Waals surface area contributed by atoms with Crippen LogP contribution >= 0.6 is 0 Å². The zero-order chi connectivity index (χ0) is 20.8. The van der Waals surface area contributed by atoms with Gasteiger partial charge >= 0.3 is 12.4 Å². The minimum absolute atomic E-state index is 0.114. The van der Waals surface area contributed by atoms with E-state index in [1.807, 2.05) is 0 Å². The molecule has 29 heavy (non-hydrogen) atoms. The fraction of sp³-hybridized carbons (Fsp3) is 0.368. The maximum atomic E-state index is 13.2. The van der Waals surface area contributed by atoms with Crippen LogP contribution in [0, 0.1) is 0 Å². The fourth-order valence-corrected chi connectivity index (χ4v) is 3.60. The normalized spacial score (nSPS) is 17.9. The third-order valence-corrected chi connectivity index (χ3v) is 4.89. The molecule has 1 aliphatic heterocycles. The predicted octanol–water partition coefficient (Wildman–Crippen LogP) is 4.94. The smallest absolute Gasteiger partial charge is 0.307 e. The van der Waals surface area contributed by atoms with E-state index >= 15 is 0 Å². The first-order valence-electron chi connectivity index (χ1n) is 8.96. The van der Waals surface area contributed by atoms with Crippen LogP contribution in [0.1, 0.15) is 41.4 Å². The second-order valence-electron chi connectivity index (χ2n) is 6.97. The van der Waals surface area contributed by atoms with Crippen LogP contribution in [0.4, 0.5) is 26.3 Å². The highest BCUT2D eigenvalue weighted by molar-refractivity contribution is 5.71. The van der Waals surface area contributed by atoms with Crippen molar-refractivity contribution in [3.63, 3.8) is 0 Å². The first-order valence-corrected chi connectivity index (χ1v) is 8.96. The number of halogens is 6. The minimum Gasteiger partial charge on any atom is -0.307 e. The van der Waals surface area contributed by atoms with Crippen LogP contribution in [0.15, 0.2) is 36.5 Å². The summed E-state index contributed by atoms with van der Waals surface area (Å²) in [5.74, 6) is 0.558. The van der Waals surface area contributed by atoms with Crippen molar-refractivity contribution in [2.24, 2.45) is 0 Å². The van der Waals surface area contributed by atoms with Crippen LogP contribution in [0.3, 0.4) is 0 Å². The van der Waals surface area contributed by atoms with Gasteiger partial charge in [0.25, 0.3) is 0 Å². The number of alkyl halides is 6. The Bertz CT molecular complexity index is 999. The lowest BCUT2D eigenvalue weighted by Gasteiger charge is -2.17. The molecule has 10 heteroatoms.